The minimum atomic E-state index is -0.670. The third kappa shape index (κ3) is 6.67. The number of carboxylic acids is 1. The van der Waals surface area contributed by atoms with E-state index < -0.39 is 5.97 Å². The normalized spacial score (nSPS) is 18.8. The molecular formula is C14H27NO2. The molecule has 1 aliphatic heterocycles. The van der Waals surface area contributed by atoms with Gasteiger partial charge >= 0.3 is 5.97 Å². The molecular weight excluding hydrogens is 214 g/mol. The highest BCUT2D eigenvalue weighted by Gasteiger charge is 2.18. The number of nitrogens with zero attached hydrogens (tertiary/aromatic N) is 1. The van der Waals surface area contributed by atoms with Crippen LogP contribution in [0.1, 0.15) is 52.4 Å². The Morgan fingerprint density at radius 1 is 1.35 bits per heavy atom. The summed E-state index contributed by atoms with van der Waals surface area (Å²) in [5, 5.41) is 8.59. The lowest BCUT2D eigenvalue weighted by Gasteiger charge is -2.32. The van der Waals surface area contributed by atoms with Gasteiger partial charge in [0.25, 0.3) is 0 Å². The van der Waals surface area contributed by atoms with Crippen LogP contribution in [-0.4, -0.2) is 35.6 Å². The van der Waals surface area contributed by atoms with Crippen molar-refractivity contribution in [1.29, 1.82) is 0 Å². The van der Waals surface area contributed by atoms with Gasteiger partial charge in [-0.1, -0.05) is 26.7 Å². The van der Waals surface area contributed by atoms with Crippen molar-refractivity contribution in [2.24, 2.45) is 11.8 Å². The van der Waals surface area contributed by atoms with Gasteiger partial charge in [0.15, 0.2) is 0 Å². The van der Waals surface area contributed by atoms with Gasteiger partial charge in [-0.3, -0.25) is 4.79 Å². The highest BCUT2D eigenvalue weighted by Crippen LogP contribution is 2.23. The van der Waals surface area contributed by atoms with E-state index in [1.54, 1.807) is 0 Å². The first-order chi connectivity index (χ1) is 8.08. The highest BCUT2D eigenvalue weighted by atomic mass is 16.4. The lowest BCUT2D eigenvalue weighted by atomic mass is 9.89. The van der Waals surface area contributed by atoms with Crippen molar-refractivity contribution in [3.8, 4) is 0 Å². The summed E-state index contributed by atoms with van der Waals surface area (Å²) in [4.78, 5) is 12.8. The Hall–Kier alpha value is -0.570. The van der Waals surface area contributed by atoms with Gasteiger partial charge in [-0.15, -0.1) is 0 Å². The van der Waals surface area contributed by atoms with E-state index in [0.717, 1.165) is 24.8 Å². The molecule has 0 bridgehead atoms. The third-order valence-electron chi connectivity index (χ3n) is 3.72. The van der Waals surface area contributed by atoms with Gasteiger partial charge in [0.2, 0.25) is 0 Å². The van der Waals surface area contributed by atoms with Gasteiger partial charge < -0.3 is 10.0 Å². The molecule has 0 atom stereocenters. The Morgan fingerprint density at radius 2 is 2.00 bits per heavy atom. The number of carbonyl (C=O) groups is 1. The molecule has 3 heteroatoms. The van der Waals surface area contributed by atoms with Gasteiger partial charge in [-0.25, -0.2) is 0 Å². The number of likely N-dealkylation sites (tertiary alicyclic amines) is 1. The van der Waals surface area contributed by atoms with Crippen LogP contribution in [0.5, 0.6) is 0 Å². The summed E-state index contributed by atoms with van der Waals surface area (Å²) in [6.07, 6.45) is 6.45. The lowest BCUT2D eigenvalue weighted by molar-refractivity contribution is -0.137. The van der Waals surface area contributed by atoms with Gasteiger partial charge in [0.05, 0.1) is 0 Å². The fraction of sp³-hybridized carbons (Fsp3) is 0.929. The molecule has 0 aromatic carbocycles. The van der Waals surface area contributed by atoms with Gasteiger partial charge in [0.1, 0.15) is 0 Å². The first-order valence-corrected chi connectivity index (χ1v) is 7.02. The summed E-state index contributed by atoms with van der Waals surface area (Å²) in [6.45, 7) is 7.88. The fourth-order valence-electron chi connectivity index (χ4n) is 2.52. The van der Waals surface area contributed by atoms with Crippen LogP contribution in [0.2, 0.25) is 0 Å². The molecule has 100 valence electrons. The summed E-state index contributed by atoms with van der Waals surface area (Å²) in [5.41, 5.74) is 0. The Kier molecular flexibility index (Phi) is 6.56. The van der Waals surface area contributed by atoms with Crippen LogP contribution in [0.4, 0.5) is 0 Å². The maximum absolute atomic E-state index is 10.4. The average molecular weight is 241 g/mol. The SMILES string of the molecule is CC(C)CCC1CCN(CCCC(=O)O)CC1. The third-order valence-corrected chi connectivity index (χ3v) is 3.72. The maximum Gasteiger partial charge on any atom is 0.303 e. The summed E-state index contributed by atoms with van der Waals surface area (Å²) in [6, 6.07) is 0. The van der Waals surface area contributed by atoms with Crippen LogP contribution < -0.4 is 0 Å². The van der Waals surface area contributed by atoms with Crippen molar-refractivity contribution in [3.05, 3.63) is 0 Å². The molecule has 0 unspecified atom stereocenters. The Labute approximate surface area is 105 Å². The van der Waals surface area contributed by atoms with Crippen molar-refractivity contribution in [2.75, 3.05) is 19.6 Å². The molecule has 0 aliphatic carbocycles. The van der Waals surface area contributed by atoms with Crippen molar-refractivity contribution in [2.45, 2.75) is 52.4 Å². The smallest absolute Gasteiger partial charge is 0.303 e. The zero-order valence-electron chi connectivity index (χ0n) is 11.3. The van der Waals surface area contributed by atoms with Crippen molar-refractivity contribution in [3.63, 3.8) is 0 Å². The van der Waals surface area contributed by atoms with E-state index >= 15 is 0 Å². The van der Waals surface area contributed by atoms with E-state index in [2.05, 4.69) is 18.7 Å². The molecule has 17 heavy (non-hydrogen) atoms. The molecule has 1 aliphatic rings. The minimum Gasteiger partial charge on any atom is -0.481 e. The van der Waals surface area contributed by atoms with Crippen LogP contribution in [-0.2, 0) is 4.79 Å². The van der Waals surface area contributed by atoms with Crippen LogP contribution in [0.15, 0.2) is 0 Å². The summed E-state index contributed by atoms with van der Waals surface area (Å²) in [5.74, 6) is 1.06. The molecule has 0 spiro atoms. The van der Waals surface area contributed by atoms with E-state index in [0.29, 0.717) is 6.42 Å². The number of piperidine rings is 1. The molecule has 1 heterocycles. The van der Waals surface area contributed by atoms with Gasteiger partial charge in [0, 0.05) is 6.42 Å². The summed E-state index contributed by atoms with van der Waals surface area (Å²) in [7, 11) is 0. The second kappa shape index (κ2) is 7.70. The van der Waals surface area contributed by atoms with Crippen molar-refractivity contribution in [1.82, 2.24) is 4.90 Å². The fourth-order valence-corrected chi connectivity index (χ4v) is 2.52. The summed E-state index contributed by atoms with van der Waals surface area (Å²) < 4.78 is 0. The standard InChI is InChI=1S/C14H27NO2/c1-12(2)5-6-13-7-10-15(11-8-13)9-3-4-14(16)17/h12-13H,3-11H2,1-2H3,(H,16,17). The number of hydrogen-bond acceptors (Lipinski definition) is 2. The van der Waals surface area contributed by atoms with Gasteiger partial charge in [-0.2, -0.15) is 0 Å². The predicted octanol–water partition coefficient (Wildman–Crippen LogP) is 3.00. The highest BCUT2D eigenvalue weighted by molar-refractivity contribution is 5.66. The molecule has 0 radical (unpaired) electrons. The maximum atomic E-state index is 10.4. The van der Waals surface area contributed by atoms with Crippen LogP contribution >= 0.6 is 0 Å². The van der Waals surface area contributed by atoms with Gasteiger partial charge in [-0.05, 0) is 50.7 Å². The van der Waals surface area contributed by atoms with E-state index in [1.807, 2.05) is 0 Å². The molecule has 1 fully saturated rings. The topological polar surface area (TPSA) is 40.5 Å². The molecule has 1 N–H and O–H groups in total. The number of carboxylic acid groups (broad SMARTS) is 1. The Morgan fingerprint density at radius 3 is 2.53 bits per heavy atom. The quantitative estimate of drug-likeness (QED) is 0.745. The van der Waals surface area contributed by atoms with Crippen molar-refractivity contribution >= 4 is 5.97 Å². The predicted molar refractivity (Wildman–Crippen MR) is 70.1 cm³/mol. The summed E-state index contributed by atoms with van der Waals surface area (Å²) >= 11 is 0. The van der Waals surface area contributed by atoms with Crippen LogP contribution in [0.25, 0.3) is 0 Å². The molecule has 0 saturated carbocycles. The van der Waals surface area contributed by atoms with E-state index in [4.69, 9.17) is 5.11 Å². The van der Waals surface area contributed by atoms with Crippen molar-refractivity contribution < 1.29 is 9.90 Å². The Bertz CT molecular complexity index is 220. The molecule has 3 nitrogen and oxygen atoms in total. The second-order valence-corrected chi connectivity index (χ2v) is 5.75. The molecule has 0 amide bonds. The number of aliphatic carboxylic acids is 1. The van der Waals surface area contributed by atoms with Crippen LogP contribution in [0.3, 0.4) is 0 Å². The van der Waals surface area contributed by atoms with E-state index in [9.17, 15) is 4.79 Å². The zero-order valence-corrected chi connectivity index (χ0v) is 11.3. The molecule has 1 saturated heterocycles. The molecule has 0 aromatic heterocycles. The number of rotatable bonds is 7. The monoisotopic (exact) mass is 241 g/mol. The number of hydrogen-bond donors (Lipinski definition) is 1. The van der Waals surface area contributed by atoms with E-state index in [-0.39, 0.29) is 0 Å². The second-order valence-electron chi connectivity index (χ2n) is 5.75. The van der Waals surface area contributed by atoms with Crippen LogP contribution in [0, 0.1) is 11.8 Å². The zero-order chi connectivity index (χ0) is 12.7. The Balaban J connectivity index is 2.07. The largest absolute Gasteiger partial charge is 0.481 e. The van der Waals surface area contributed by atoms with E-state index in [1.165, 1.54) is 38.8 Å². The molecule has 1 rings (SSSR count). The molecule has 0 aromatic rings. The average Bonchev–Trinajstić information content (AvgIpc) is 2.27. The first-order valence-electron chi connectivity index (χ1n) is 7.02. The minimum absolute atomic E-state index is 0.313. The first kappa shape index (κ1) is 14.5. The lowest BCUT2D eigenvalue weighted by Crippen LogP contribution is -2.34.